The van der Waals surface area contributed by atoms with Crippen molar-refractivity contribution in [2.24, 2.45) is 5.92 Å². The summed E-state index contributed by atoms with van der Waals surface area (Å²) in [5, 5.41) is 15.6. The van der Waals surface area contributed by atoms with Crippen molar-refractivity contribution >= 4 is 5.91 Å². The Morgan fingerprint density at radius 1 is 1.59 bits per heavy atom. The van der Waals surface area contributed by atoms with E-state index in [0.29, 0.717) is 24.4 Å². The predicted molar refractivity (Wildman–Crippen MR) is 68.2 cm³/mol. The molecule has 1 heterocycles. The van der Waals surface area contributed by atoms with E-state index in [-0.39, 0.29) is 11.8 Å². The van der Waals surface area contributed by atoms with Crippen molar-refractivity contribution < 1.29 is 9.90 Å². The largest absolute Gasteiger partial charge is 0.512 e. The molecule has 0 spiro atoms. The van der Waals surface area contributed by atoms with Crippen molar-refractivity contribution in [2.45, 2.75) is 45.6 Å². The first-order valence-corrected chi connectivity index (χ1v) is 6.12. The van der Waals surface area contributed by atoms with Crippen LogP contribution in [-0.4, -0.2) is 16.6 Å². The van der Waals surface area contributed by atoms with E-state index in [2.05, 4.69) is 17.2 Å². The second kappa shape index (κ2) is 5.25. The van der Waals surface area contributed by atoms with Crippen LogP contribution in [0, 0.1) is 5.92 Å². The highest BCUT2D eigenvalue weighted by molar-refractivity contribution is 5.90. The minimum Gasteiger partial charge on any atom is -0.512 e. The van der Waals surface area contributed by atoms with Crippen LogP contribution in [-0.2, 0) is 4.79 Å². The van der Waals surface area contributed by atoms with E-state index < -0.39 is 5.54 Å². The third-order valence-corrected chi connectivity index (χ3v) is 3.27. The lowest BCUT2D eigenvalue weighted by Crippen LogP contribution is -2.47. The maximum absolute atomic E-state index is 11.9. The van der Waals surface area contributed by atoms with Gasteiger partial charge in [0.15, 0.2) is 0 Å². The van der Waals surface area contributed by atoms with Gasteiger partial charge in [0, 0.05) is 5.92 Å². The van der Waals surface area contributed by atoms with Gasteiger partial charge in [-0.1, -0.05) is 27.4 Å². The van der Waals surface area contributed by atoms with Gasteiger partial charge in [-0.05, 0) is 25.3 Å². The number of hydrogen-bond acceptors (Lipinski definition) is 3. The first-order chi connectivity index (χ1) is 7.95. The molecule has 1 aliphatic heterocycles. The van der Waals surface area contributed by atoms with Crippen molar-refractivity contribution in [1.82, 2.24) is 10.6 Å². The highest BCUT2D eigenvalue weighted by Gasteiger charge is 2.43. The molecule has 3 N–H and O–H groups in total. The summed E-state index contributed by atoms with van der Waals surface area (Å²) in [4.78, 5) is 11.9. The maximum atomic E-state index is 11.9. The summed E-state index contributed by atoms with van der Waals surface area (Å²) in [6.45, 7) is 9.57. The Labute approximate surface area is 103 Å². The fourth-order valence-electron chi connectivity index (χ4n) is 2.21. The molecule has 0 bridgehead atoms. The minimum atomic E-state index is -0.633. The molecular formula is C13H22N2O2. The lowest BCUT2D eigenvalue weighted by Gasteiger charge is -2.28. The molecule has 2 unspecified atom stereocenters. The molecule has 0 saturated carbocycles. The second-order valence-electron chi connectivity index (χ2n) is 4.64. The molecule has 0 aliphatic carbocycles. The van der Waals surface area contributed by atoms with Crippen LogP contribution in [0.1, 0.15) is 40.0 Å². The highest BCUT2D eigenvalue weighted by Crippen LogP contribution is 2.28. The monoisotopic (exact) mass is 238 g/mol. The summed E-state index contributed by atoms with van der Waals surface area (Å²) < 4.78 is 0. The van der Waals surface area contributed by atoms with Gasteiger partial charge in [-0.3, -0.25) is 4.79 Å². The van der Waals surface area contributed by atoms with E-state index in [0.717, 1.165) is 6.42 Å². The average molecular weight is 238 g/mol. The second-order valence-corrected chi connectivity index (χ2v) is 4.64. The highest BCUT2D eigenvalue weighted by atomic mass is 16.3. The van der Waals surface area contributed by atoms with E-state index in [1.54, 1.807) is 6.08 Å². The summed E-state index contributed by atoms with van der Waals surface area (Å²) in [6, 6.07) is 0. The third-order valence-electron chi connectivity index (χ3n) is 3.27. The molecule has 96 valence electrons. The molecule has 4 nitrogen and oxygen atoms in total. The van der Waals surface area contributed by atoms with Crippen LogP contribution in [0.4, 0.5) is 0 Å². The lowest BCUT2D eigenvalue weighted by atomic mass is 9.85. The average Bonchev–Trinajstić information content (AvgIpc) is 2.54. The molecule has 0 radical (unpaired) electrons. The molecule has 0 aromatic heterocycles. The Balaban J connectivity index is 2.80. The summed E-state index contributed by atoms with van der Waals surface area (Å²) in [5.74, 6) is 0.802. The predicted octanol–water partition coefficient (Wildman–Crippen LogP) is 2.20. The summed E-state index contributed by atoms with van der Waals surface area (Å²) in [5.41, 5.74) is -0.633. The van der Waals surface area contributed by atoms with Crippen molar-refractivity contribution in [3.63, 3.8) is 0 Å². The Bertz CT molecular complexity index is 349. The number of allylic oxidation sites excluding steroid dienone is 2. The number of carbonyl (C=O) groups is 1. The number of nitrogens with one attached hydrogen (secondary N) is 2. The standard InChI is InChI=1S/C13H22N2O2/c1-5-7-11(16)9(3)8-13(6-2)12(17)14-10(4)15-13/h7,9,15-16H,4-6,8H2,1-3H3,(H,14,17)/b11-7+. The maximum Gasteiger partial charge on any atom is 0.251 e. The van der Waals surface area contributed by atoms with Gasteiger partial charge in [-0.2, -0.15) is 0 Å². The van der Waals surface area contributed by atoms with E-state index >= 15 is 0 Å². The summed E-state index contributed by atoms with van der Waals surface area (Å²) in [7, 11) is 0. The van der Waals surface area contributed by atoms with Crippen molar-refractivity contribution in [3.8, 4) is 0 Å². The van der Waals surface area contributed by atoms with Crippen molar-refractivity contribution in [1.29, 1.82) is 0 Å². The van der Waals surface area contributed by atoms with Gasteiger partial charge in [0.1, 0.15) is 5.54 Å². The molecule has 17 heavy (non-hydrogen) atoms. The molecule has 4 heteroatoms. The number of amides is 1. The fraction of sp³-hybridized carbons (Fsp3) is 0.615. The van der Waals surface area contributed by atoms with Crippen LogP contribution in [0.15, 0.2) is 24.2 Å². The Morgan fingerprint density at radius 3 is 2.65 bits per heavy atom. The fourth-order valence-corrected chi connectivity index (χ4v) is 2.21. The zero-order valence-corrected chi connectivity index (χ0v) is 10.8. The Morgan fingerprint density at radius 2 is 2.24 bits per heavy atom. The van der Waals surface area contributed by atoms with Gasteiger partial charge in [0.2, 0.25) is 0 Å². The first-order valence-electron chi connectivity index (χ1n) is 6.12. The number of rotatable bonds is 5. The molecule has 1 amide bonds. The van der Waals surface area contributed by atoms with Gasteiger partial charge in [-0.25, -0.2) is 0 Å². The van der Waals surface area contributed by atoms with Crippen molar-refractivity contribution in [3.05, 3.63) is 24.2 Å². The van der Waals surface area contributed by atoms with Gasteiger partial charge in [0.25, 0.3) is 5.91 Å². The SMILES string of the molecule is C=C1NC(=O)C(CC)(CC(C)/C(O)=C\CC)N1. The van der Waals surface area contributed by atoms with Gasteiger partial charge < -0.3 is 15.7 Å². The third kappa shape index (κ3) is 2.81. The molecule has 1 saturated heterocycles. The molecule has 2 atom stereocenters. The van der Waals surface area contributed by atoms with Gasteiger partial charge in [0.05, 0.1) is 11.6 Å². The zero-order chi connectivity index (χ0) is 13.1. The molecule has 0 aromatic rings. The van der Waals surface area contributed by atoms with Crippen LogP contribution in [0.5, 0.6) is 0 Å². The number of aliphatic hydroxyl groups is 1. The zero-order valence-electron chi connectivity index (χ0n) is 10.8. The van der Waals surface area contributed by atoms with Gasteiger partial charge in [-0.15, -0.1) is 0 Å². The van der Waals surface area contributed by atoms with E-state index in [4.69, 9.17) is 0 Å². The van der Waals surface area contributed by atoms with Crippen LogP contribution in [0.3, 0.4) is 0 Å². The lowest BCUT2D eigenvalue weighted by molar-refractivity contribution is -0.124. The topological polar surface area (TPSA) is 61.4 Å². The number of carbonyl (C=O) groups excluding carboxylic acids is 1. The van der Waals surface area contributed by atoms with E-state index in [9.17, 15) is 9.90 Å². The summed E-state index contributed by atoms with van der Waals surface area (Å²) in [6.07, 6.45) is 3.82. The summed E-state index contributed by atoms with van der Waals surface area (Å²) >= 11 is 0. The number of aliphatic hydroxyl groups excluding tert-OH is 1. The van der Waals surface area contributed by atoms with E-state index in [1.807, 2.05) is 20.8 Å². The number of hydrogen-bond donors (Lipinski definition) is 3. The molecule has 1 aliphatic rings. The van der Waals surface area contributed by atoms with Crippen LogP contribution in [0.2, 0.25) is 0 Å². The molecule has 0 aromatic carbocycles. The molecule has 1 rings (SSSR count). The van der Waals surface area contributed by atoms with Crippen LogP contribution >= 0.6 is 0 Å². The van der Waals surface area contributed by atoms with Gasteiger partial charge >= 0.3 is 0 Å². The quantitative estimate of drug-likeness (QED) is 0.643. The minimum absolute atomic E-state index is 0.0425. The Kier molecular flexibility index (Phi) is 4.21. The Hall–Kier alpha value is -1.45. The first kappa shape index (κ1) is 13.6. The van der Waals surface area contributed by atoms with Crippen LogP contribution < -0.4 is 10.6 Å². The normalized spacial score (nSPS) is 26.6. The van der Waals surface area contributed by atoms with Crippen LogP contribution in [0.25, 0.3) is 0 Å². The van der Waals surface area contributed by atoms with E-state index in [1.165, 1.54) is 0 Å². The molecular weight excluding hydrogens is 216 g/mol. The smallest absolute Gasteiger partial charge is 0.251 e. The van der Waals surface area contributed by atoms with Crippen molar-refractivity contribution in [2.75, 3.05) is 0 Å². The molecule has 1 fully saturated rings.